The van der Waals surface area contributed by atoms with Crippen LogP contribution in [0.5, 0.6) is 0 Å². The number of carbonyl (C=O) groups is 1. The summed E-state index contributed by atoms with van der Waals surface area (Å²) < 4.78 is 6.07. The van der Waals surface area contributed by atoms with Crippen molar-refractivity contribution in [2.75, 3.05) is 6.54 Å². The Morgan fingerprint density at radius 3 is 2.71 bits per heavy atom. The molecule has 4 heteroatoms. The Balaban J connectivity index is 1.63. The molecule has 1 aliphatic rings. The molecule has 4 rings (SSSR count). The van der Waals surface area contributed by atoms with Gasteiger partial charge in [0.25, 0.3) is 0 Å². The maximum Gasteiger partial charge on any atom is 0.223 e. The number of aromatic nitrogens is 1. The monoisotopic (exact) mass is 376 g/mol. The second-order valence-electron chi connectivity index (χ2n) is 9.09. The van der Waals surface area contributed by atoms with E-state index in [4.69, 9.17) is 9.40 Å². The van der Waals surface area contributed by atoms with E-state index in [-0.39, 0.29) is 17.4 Å². The van der Waals surface area contributed by atoms with E-state index in [1.807, 2.05) is 11.0 Å². The van der Waals surface area contributed by atoms with Crippen LogP contribution < -0.4 is 0 Å². The highest BCUT2D eigenvalue weighted by Gasteiger charge is 2.34. The van der Waals surface area contributed by atoms with Crippen LogP contribution in [0.15, 0.2) is 46.9 Å². The number of hydrogen-bond donors (Lipinski definition) is 0. The van der Waals surface area contributed by atoms with Crippen LogP contribution in [-0.4, -0.2) is 22.3 Å². The van der Waals surface area contributed by atoms with Crippen LogP contribution >= 0.6 is 0 Å². The SMILES string of the molecule is Cc1cccc(-c2ccc3oc([C@H]4CCCN4C(=O)CC(C)(C)C)nc3c2)c1. The summed E-state index contributed by atoms with van der Waals surface area (Å²) in [5, 5.41) is 0. The number of fused-ring (bicyclic) bond motifs is 1. The lowest BCUT2D eigenvalue weighted by Crippen LogP contribution is -2.33. The molecule has 2 aromatic carbocycles. The summed E-state index contributed by atoms with van der Waals surface area (Å²) in [7, 11) is 0. The zero-order chi connectivity index (χ0) is 19.9. The highest BCUT2D eigenvalue weighted by atomic mass is 16.3. The lowest BCUT2D eigenvalue weighted by Gasteiger charge is -2.26. The number of rotatable bonds is 3. The highest BCUT2D eigenvalue weighted by molar-refractivity contribution is 5.81. The third-order valence-corrected chi connectivity index (χ3v) is 5.30. The van der Waals surface area contributed by atoms with Gasteiger partial charge in [-0.05, 0) is 48.4 Å². The zero-order valence-electron chi connectivity index (χ0n) is 17.2. The summed E-state index contributed by atoms with van der Waals surface area (Å²) in [6.07, 6.45) is 2.45. The van der Waals surface area contributed by atoms with Gasteiger partial charge in [0, 0.05) is 13.0 Å². The molecule has 1 fully saturated rings. The molecule has 2 heterocycles. The van der Waals surface area contributed by atoms with Crippen LogP contribution in [0.3, 0.4) is 0 Å². The summed E-state index contributed by atoms with van der Waals surface area (Å²) in [6.45, 7) is 9.18. The fraction of sp³-hybridized carbons (Fsp3) is 0.417. The van der Waals surface area contributed by atoms with Crippen molar-refractivity contribution < 1.29 is 9.21 Å². The molecule has 1 amide bonds. The molecule has 0 saturated carbocycles. The van der Waals surface area contributed by atoms with Crippen LogP contribution in [0, 0.1) is 12.3 Å². The Hall–Kier alpha value is -2.62. The summed E-state index contributed by atoms with van der Waals surface area (Å²) in [5.41, 5.74) is 5.15. The van der Waals surface area contributed by atoms with Gasteiger partial charge in [0.2, 0.25) is 11.8 Å². The molecule has 0 spiro atoms. The zero-order valence-corrected chi connectivity index (χ0v) is 17.2. The molecular weight excluding hydrogens is 348 g/mol. The van der Waals surface area contributed by atoms with Crippen molar-refractivity contribution in [3.8, 4) is 11.1 Å². The molecule has 0 bridgehead atoms. The van der Waals surface area contributed by atoms with E-state index >= 15 is 0 Å². The van der Waals surface area contributed by atoms with Crippen LogP contribution in [0.4, 0.5) is 0 Å². The molecule has 1 saturated heterocycles. The van der Waals surface area contributed by atoms with Crippen LogP contribution in [0.25, 0.3) is 22.2 Å². The van der Waals surface area contributed by atoms with E-state index in [0.29, 0.717) is 12.3 Å². The van der Waals surface area contributed by atoms with E-state index in [2.05, 4.69) is 64.1 Å². The number of oxazole rings is 1. The van der Waals surface area contributed by atoms with Crippen molar-refractivity contribution in [2.45, 2.75) is 53.0 Å². The van der Waals surface area contributed by atoms with Crippen molar-refractivity contribution >= 4 is 17.0 Å². The van der Waals surface area contributed by atoms with E-state index < -0.39 is 0 Å². The largest absolute Gasteiger partial charge is 0.438 e. The molecule has 0 N–H and O–H groups in total. The van der Waals surface area contributed by atoms with Gasteiger partial charge in [0.1, 0.15) is 11.6 Å². The average Bonchev–Trinajstić information content (AvgIpc) is 3.26. The molecule has 4 nitrogen and oxygen atoms in total. The van der Waals surface area contributed by atoms with Gasteiger partial charge in [0.15, 0.2) is 5.58 Å². The molecular formula is C24H28N2O2. The second-order valence-corrected chi connectivity index (χ2v) is 9.09. The minimum absolute atomic E-state index is 0.0196. The Labute approximate surface area is 166 Å². The summed E-state index contributed by atoms with van der Waals surface area (Å²) in [5.74, 6) is 0.855. The molecule has 0 radical (unpaired) electrons. The number of amides is 1. The predicted molar refractivity (Wildman–Crippen MR) is 112 cm³/mol. The fourth-order valence-corrected chi connectivity index (χ4v) is 3.97. The van der Waals surface area contributed by atoms with Gasteiger partial charge in [-0.3, -0.25) is 4.79 Å². The molecule has 0 aliphatic carbocycles. The maximum atomic E-state index is 12.8. The normalized spacial score (nSPS) is 17.4. The smallest absolute Gasteiger partial charge is 0.223 e. The molecule has 1 atom stereocenters. The number of aryl methyl sites for hydroxylation is 1. The van der Waals surface area contributed by atoms with Crippen molar-refractivity contribution in [3.05, 3.63) is 53.9 Å². The van der Waals surface area contributed by atoms with Crippen molar-refractivity contribution in [1.82, 2.24) is 9.88 Å². The van der Waals surface area contributed by atoms with Crippen LogP contribution in [-0.2, 0) is 4.79 Å². The third kappa shape index (κ3) is 3.82. The van der Waals surface area contributed by atoms with Gasteiger partial charge < -0.3 is 9.32 Å². The maximum absolute atomic E-state index is 12.8. The van der Waals surface area contributed by atoms with Gasteiger partial charge in [-0.1, -0.05) is 56.7 Å². The number of benzene rings is 2. The van der Waals surface area contributed by atoms with E-state index in [1.165, 1.54) is 11.1 Å². The van der Waals surface area contributed by atoms with Gasteiger partial charge >= 0.3 is 0 Å². The fourth-order valence-electron chi connectivity index (χ4n) is 3.97. The van der Waals surface area contributed by atoms with E-state index in [0.717, 1.165) is 36.0 Å². The molecule has 0 unspecified atom stereocenters. The summed E-state index contributed by atoms with van der Waals surface area (Å²) in [4.78, 5) is 19.5. The number of likely N-dealkylation sites (tertiary alicyclic amines) is 1. The van der Waals surface area contributed by atoms with Crippen LogP contribution in [0.1, 0.15) is 57.5 Å². The summed E-state index contributed by atoms with van der Waals surface area (Å²) >= 11 is 0. The first-order valence-corrected chi connectivity index (χ1v) is 10.1. The molecule has 28 heavy (non-hydrogen) atoms. The Bertz CT molecular complexity index is 1010. The van der Waals surface area contributed by atoms with E-state index in [9.17, 15) is 4.79 Å². The standard InChI is InChI=1S/C24H28N2O2/c1-16-7-5-8-17(13-16)18-10-11-21-19(14-18)25-23(28-21)20-9-6-12-26(20)22(27)15-24(2,3)4/h5,7-8,10-11,13-14,20H,6,9,12,15H2,1-4H3/t20-/m1/s1. The quantitative estimate of drug-likeness (QED) is 0.571. The van der Waals surface area contributed by atoms with Gasteiger partial charge in [-0.15, -0.1) is 0 Å². The van der Waals surface area contributed by atoms with Crippen molar-refractivity contribution in [1.29, 1.82) is 0 Å². The molecule has 1 aromatic heterocycles. The van der Waals surface area contributed by atoms with E-state index in [1.54, 1.807) is 0 Å². The number of nitrogens with zero attached hydrogens (tertiary/aromatic N) is 2. The minimum atomic E-state index is -0.0512. The average molecular weight is 377 g/mol. The Morgan fingerprint density at radius 1 is 1.18 bits per heavy atom. The third-order valence-electron chi connectivity index (χ3n) is 5.30. The lowest BCUT2D eigenvalue weighted by molar-refractivity contribution is -0.134. The number of carbonyl (C=O) groups excluding carboxylic acids is 1. The first kappa shape index (κ1) is 18.7. The minimum Gasteiger partial charge on any atom is -0.438 e. The Morgan fingerprint density at radius 2 is 1.96 bits per heavy atom. The summed E-state index contributed by atoms with van der Waals surface area (Å²) in [6, 6.07) is 14.5. The number of hydrogen-bond acceptors (Lipinski definition) is 3. The highest BCUT2D eigenvalue weighted by Crippen LogP contribution is 2.36. The lowest BCUT2D eigenvalue weighted by atomic mass is 9.91. The Kier molecular flexibility index (Phi) is 4.74. The van der Waals surface area contributed by atoms with Gasteiger partial charge in [-0.25, -0.2) is 4.98 Å². The van der Waals surface area contributed by atoms with Crippen LogP contribution in [0.2, 0.25) is 0 Å². The van der Waals surface area contributed by atoms with Crippen molar-refractivity contribution in [3.63, 3.8) is 0 Å². The first-order chi connectivity index (χ1) is 13.3. The van der Waals surface area contributed by atoms with Gasteiger partial charge in [-0.2, -0.15) is 0 Å². The second kappa shape index (κ2) is 7.08. The molecule has 146 valence electrons. The topological polar surface area (TPSA) is 46.3 Å². The molecule has 1 aliphatic heterocycles. The van der Waals surface area contributed by atoms with Crippen molar-refractivity contribution in [2.24, 2.45) is 5.41 Å². The first-order valence-electron chi connectivity index (χ1n) is 10.1. The van der Waals surface area contributed by atoms with Gasteiger partial charge in [0.05, 0.1) is 0 Å². The molecule has 3 aromatic rings. The predicted octanol–water partition coefficient (Wildman–Crippen LogP) is 5.90.